The number of halogens is 1. The Morgan fingerprint density at radius 3 is 2.75 bits per heavy atom. The zero-order chi connectivity index (χ0) is 17.1. The van der Waals surface area contributed by atoms with Crippen molar-refractivity contribution >= 4 is 46.3 Å². The minimum absolute atomic E-state index is 0.0739. The molecule has 24 heavy (non-hydrogen) atoms. The third-order valence-corrected chi connectivity index (χ3v) is 4.23. The van der Waals surface area contributed by atoms with Crippen molar-refractivity contribution in [2.45, 2.75) is 0 Å². The van der Waals surface area contributed by atoms with Crippen LogP contribution in [-0.2, 0) is 4.74 Å². The smallest absolute Gasteiger partial charge is 0.264 e. The maximum atomic E-state index is 12.4. The molecule has 0 radical (unpaired) electrons. The molecule has 1 saturated heterocycles. The lowest BCUT2D eigenvalue weighted by Crippen LogP contribution is -2.39. The fraction of sp³-hybridized carbons (Fsp3) is 0.267. The predicted octanol–water partition coefficient (Wildman–Crippen LogP) is 1.63. The van der Waals surface area contributed by atoms with E-state index in [0.717, 1.165) is 0 Å². The number of H-pyrrole nitrogens is 1. The molecule has 1 fully saturated rings. The zero-order valence-corrected chi connectivity index (χ0v) is 14.3. The van der Waals surface area contributed by atoms with Crippen molar-refractivity contribution in [3.05, 3.63) is 45.2 Å². The number of nitrogen functional groups attached to an aromatic ring is 1. The molecule has 0 amide bonds. The van der Waals surface area contributed by atoms with Gasteiger partial charge in [-0.05, 0) is 12.1 Å². The minimum Gasteiger partial charge on any atom is -0.383 e. The monoisotopic (exact) mass is 365 g/mol. The topological polar surface area (TPSA) is 96.3 Å². The third kappa shape index (κ3) is 3.50. The zero-order valence-electron chi connectivity index (χ0n) is 12.7. The van der Waals surface area contributed by atoms with E-state index in [1.54, 1.807) is 18.2 Å². The summed E-state index contributed by atoms with van der Waals surface area (Å²) in [5.74, 6) is 0.495. The van der Waals surface area contributed by atoms with Crippen LogP contribution >= 0.6 is 23.8 Å². The standard InChI is InChI=1S/C15H16ClN5O2S/c16-9-3-1-2-4-10(9)18-14(24)11-12(17)19-15(20-13(11)22)21-5-7-23-8-6-21/h1-4H,5-8H2,(H,18,24)(H3,17,19,20,22). The number of aromatic nitrogens is 2. The van der Waals surface area contributed by atoms with Gasteiger partial charge in [0.15, 0.2) is 0 Å². The highest BCUT2D eigenvalue weighted by Gasteiger charge is 2.19. The van der Waals surface area contributed by atoms with Gasteiger partial charge in [-0.3, -0.25) is 9.78 Å². The van der Waals surface area contributed by atoms with Crippen LogP contribution in [0.4, 0.5) is 17.5 Å². The summed E-state index contributed by atoms with van der Waals surface area (Å²) >= 11 is 11.4. The number of rotatable bonds is 3. The molecule has 0 aliphatic carbocycles. The SMILES string of the molecule is Nc1nc(N2CCOCC2)[nH]c(=O)c1C(=S)Nc1ccccc1Cl. The number of hydrogen-bond donors (Lipinski definition) is 3. The van der Waals surface area contributed by atoms with Crippen LogP contribution in [0.25, 0.3) is 0 Å². The van der Waals surface area contributed by atoms with Gasteiger partial charge in [-0.15, -0.1) is 0 Å². The van der Waals surface area contributed by atoms with E-state index in [1.807, 2.05) is 11.0 Å². The van der Waals surface area contributed by atoms with Crippen LogP contribution in [0.3, 0.4) is 0 Å². The van der Waals surface area contributed by atoms with Crippen molar-refractivity contribution in [1.82, 2.24) is 9.97 Å². The number of para-hydroxylation sites is 1. The Hall–Kier alpha value is -2.16. The average Bonchev–Trinajstić information content (AvgIpc) is 2.57. The number of thiocarbonyl (C=S) groups is 1. The summed E-state index contributed by atoms with van der Waals surface area (Å²) in [6.45, 7) is 2.45. The van der Waals surface area contributed by atoms with Crippen molar-refractivity contribution < 1.29 is 4.74 Å². The molecule has 1 aliphatic rings. The highest BCUT2D eigenvalue weighted by atomic mass is 35.5. The van der Waals surface area contributed by atoms with Gasteiger partial charge in [-0.1, -0.05) is 36.0 Å². The van der Waals surface area contributed by atoms with E-state index in [4.69, 9.17) is 34.3 Å². The second-order valence-electron chi connectivity index (χ2n) is 5.18. The molecule has 4 N–H and O–H groups in total. The third-order valence-electron chi connectivity index (χ3n) is 3.59. The first-order chi connectivity index (χ1) is 11.6. The van der Waals surface area contributed by atoms with E-state index in [-0.39, 0.29) is 16.4 Å². The molecule has 0 atom stereocenters. The fourth-order valence-electron chi connectivity index (χ4n) is 2.37. The van der Waals surface area contributed by atoms with Gasteiger partial charge in [-0.2, -0.15) is 4.98 Å². The molecule has 1 aliphatic heterocycles. The van der Waals surface area contributed by atoms with E-state index in [9.17, 15) is 4.79 Å². The van der Waals surface area contributed by atoms with Crippen LogP contribution in [0.2, 0.25) is 5.02 Å². The number of anilines is 3. The number of ether oxygens (including phenoxy) is 1. The van der Waals surface area contributed by atoms with Crippen LogP contribution in [0, 0.1) is 0 Å². The average molecular weight is 366 g/mol. The number of hydrogen-bond acceptors (Lipinski definition) is 6. The number of morpholine rings is 1. The number of aromatic amines is 1. The van der Waals surface area contributed by atoms with E-state index in [2.05, 4.69) is 15.3 Å². The molecule has 0 saturated carbocycles. The molecule has 126 valence electrons. The minimum atomic E-state index is -0.395. The molecule has 1 aromatic heterocycles. The normalized spacial score (nSPS) is 14.5. The molecular weight excluding hydrogens is 350 g/mol. The number of nitrogens with two attached hydrogens (primary N) is 1. The Balaban J connectivity index is 1.87. The molecule has 2 aromatic rings. The molecule has 0 bridgehead atoms. The van der Waals surface area contributed by atoms with Gasteiger partial charge in [-0.25, -0.2) is 0 Å². The van der Waals surface area contributed by atoms with Gasteiger partial charge in [0.2, 0.25) is 5.95 Å². The second-order valence-corrected chi connectivity index (χ2v) is 6.00. The lowest BCUT2D eigenvalue weighted by atomic mass is 10.2. The molecule has 7 nitrogen and oxygen atoms in total. The van der Waals surface area contributed by atoms with Gasteiger partial charge in [0.05, 0.1) is 23.9 Å². The summed E-state index contributed by atoms with van der Waals surface area (Å²) in [5.41, 5.74) is 6.30. The summed E-state index contributed by atoms with van der Waals surface area (Å²) in [4.78, 5) is 21.5. The lowest BCUT2D eigenvalue weighted by molar-refractivity contribution is 0.122. The summed E-state index contributed by atoms with van der Waals surface area (Å²) in [6, 6.07) is 7.09. The summed E-state index contributed by atoms with van der Waals surface area (Å²) in [6.07, 6.45) is 0. The molecule has 1 aromatic carbocycles. The van der Waals surface area contributed by atoms with Crippen molar-refractivity contribution in [2.75, 3.05) is 42.3 Å². The molecule has 3 rings (SSSR count). The molecular formula is C15H16ClN5O2S. The lowest BCUT2D eigenvalue weighted by Gasteiger charge is -2.27. The Kier molecular flexibility index (Phi) is 4.98. The van der Waals surface area contributed by atoms with Crippen LogP contribution < -0.4 is 21.5 Å². The summed E-state index contributed by atoms with van der Waals surface area (Å²) < 4.78 is 5.29. The summed E-state index contributed by atoms with van der Waals surface area (Å²) in [7, 11) is 0. The quantitative estimate of drug-likeness (QED) is 0.711. The van der Waals surface area contributed by atoms with Gasteiger partial charge >= 0.3 is 0 Å². The first-order valence-electron chi connectivity index (χ1n) is 7.34. The largest absolute Gasteiger partial charge is 0.383 e. The molecule has 2 heterocycles. The first kappa shape index (κ1) is 16.7. The number of nitrogens with one attached hydrogen (secondary N) is 2. The Bertz CT molecular complexity index is 820. The Morgan fingerprint density at radius 1 is 1.38 bits per heavy atom. The van der Waals surface area contributed by atoms with Crippen molar-refractivity contribution in [3.8, 4) is 0 Å². The van der Waals surface area contributed by atoms with Crippen LogP contribution in [0.1, 0.15) is 5.56 Å². The number of nitrogens with zero attached hydrogens (tertiary/aromatic N) is 2. The fourth-order valence-corrected chi connectivity index (χ4v) is 2.86. The Morgan fingerprint density at radius 2 is 2.08 bits per heavy atom. The van der Waals surface area contributed by atoms with Gasteiger partial charge < -0.3 is 20.7 Å². The van der Waals surface area contributed by atoms with Gasteiger partial charge in [0, 0.05) is 13.1 Å². The predicted molar refractivity (Wildman–Crippen MR) is 99.1 cm³/mol. The first-order valence-corrected chi connectivity index (χ1v) is 8.13. The maximum absolute atomic E-state index is 12.4. The highest BCUT2D eigenvalue weighted by Crippen LogP contribution is 2.22. The van der Waals surface area contributed by atoms with Crippen LogP contribution in [-0.4, -0.2) is 41.3 Å². The van der Waals surface area contributed by atoms with Crippen LogP contribution in [0.15, 0.2) is 29.1 Å². The van der Waals surface area contributed by atoms with E-state index < -0.39 is 5.56 Å². The van der Waals surface area contributed by atoms with Crippen LogP contribution in [0.5, 0.6) is 0 Å². The molecule has 0 unspecified atom stereocenters. The van der Waals surface area contributed by atoms with Crippen molar-refractivity contribution in [1.29, 1.82) is 0 Å². The molecule has 9 heteroatoms. The van der Waals surface area contributed by atoms with Gasteiger partial charge in [0.25, 0.3) is 5.56 Å². The number of benzene rings is 1. The summed E-state index contributed by atoms with van der Waals surface area (Å²) in [5, 5.41) is 3.43. The molecule has 0 spiro atoms. The Labute approximate surface area is 148 Å². The van der Waals surface area contributed by atoms with E-state index in [1.165, 1.54) is 0 Å². The van der Waals surface area contributed by atoms with Gasteiger partial charge in [0.1, 0.15) is 16.4 Å². The van der Waals surface area contributed by atoms with Crippen molar-refractivity contribution in [3.63, 3.8) is 0 Å². The van der Waals surface area contributed by atoms with E-state index >= 15 is 0 Å². The second kappa shape index (κ2) is 7.16. The highest BCUT2D eigenvalue weighted by molar-refractivity contribution is 7.81. The van der Waals surface area contributed by atoms with E-state index in [0.29, 0.717) is 43.0 Å². The maximum Gasteiger partial charge on any atom is 0.264 e. The van der Waals surface area contributed by atoms with Crippen molar-refractivity contribution in [2.24, 2.45) is 0 Å².